The van der Waals surface area contributed by atoms with Gasteiger partial charge in [-0.05, 0) is 53.9 Å². The lowest BCUT2D eigenvalue weighted by Crippen LogP contribution is -2.49. The SMILES string of the molecule is C=CC[N+](CC=C)(CC=C)c1ccc2ccc(O)c(N=Nc3ccc(N)cc3[N+](=O)[O-])c2c1. The van der Waals surface area contributed by atoms with E-state index < -0.39 is 4.92 Å². The second kappa shape index (κ2) is 9.88. The van der Waals surface area contributed by atoms with Crippen LogP contribution in [-0.2, 0) is 0 Å². The maximum absolute atomic E-state index is 11.4. The molecule has 8 heteroatoms. The summed E-state index contributed by atoms with van der Waals surface area (Å²) in [7, 11) is 0. The summed E-state index contributed by atoms with van der Waals surface area (Å²) < 4.78 is 0.516. The number of phenolic OH excluding ortho intramolecular Hbond substituents is 1. The number of fused-ring (bicyclic) bond motifs is 1. The van der Waals surface area contributed by atoms with Crippen LogP contribution < -0.4 is 10.2 Å². The molecular formula is C25H26N5O3+. The van der Waals surface area contributed by atoms with Gasteiger partial charge in [-0.25, -0.2) is 0 Å². The summed E-state index contributed by atoms with van der Waals surface area (Å²) in [5.74, 6) is -0.0873. The molecule has 0 saturated carbocycles. The molecule has 0 spiro atoms. The molecule has 0 saturated heterocycles. The third kappa shape index (κ3) is 4.81. The predicted octanol–water partition coefficient (Wildman–Crippen LogP) is 6.32. The molecule has 0 fully saturated rings. The number of benzene rings is 3. The molecule has 3 aromatic rings. The van der Waals surface area contributed by atoms with E-state index in [9.17, 15) is 15.2 Å². The van der Waals surface area contributed by atoms with Gasteiger partial charge in [0, 0.05) is 23.2 Å². The van der Waals surface area contributed by atoms with Crippen molar-refractivity contribution in [3.63, 3.8) is 0 Å². The number of hydrogen-bond acceptors (Lipinski definition) is 6. The molecule has 3 rings (SSSR count). The summed E-state index contributed by atoms with van der Waals surface area (Å²) in [5, 5.41) is 31.7. The minimum absolute atomic E-state index is 0.0388. The fourth-order valence-corrected chi connectivity index (χ4v) is 3.84. The average Bonchev–Trinajstić information content (AvgIpc) is 2.79. The normalized spacial score (nSPS) is 11.5. The van der Waals surface area contributed by atoms with E-state index in [0.717, 1.165) is 11.1 Å². The van der Waals surface area contributed by atoms with E-state index in [-0.39, 0.29) is 28.5 Å². The smallest absolute Gasteiger partial charge is 0.298 e. The Bertz CT molecular complexity index is 1240. The van der Waals surface area contributed by atoms with Gasteiger partial charge in [-0.15, -0.1) is 10.2 Å². The van der Waals surface area contributed by atoms with E-state index in [2.05, 4.69) is 30.0 Å². The van der Waals surface area contributed by atoms with Crippen molar-refractivity contribution in [1.29, 1.82) is 0 Å². The third-order valence-electron chi connectivity index (χ3n) is 5.39. The van der Waals surface area contributed by atoms with Gasteiger partial charge >= 0.3 is 0 Å². The summed E-state index contributed by atoms with van der Waals surface area (Å²) >= 11 is 0. The highest BCUT2D eigenvalue weighted by Crippen LogP contribution is 2.40. The van der Waals surface area contributed by atoms with Crippen LogP contribution in [0.25, 0.3) is 10.8 Å². The van der Waals surface area contributed by atoms with Crippen LogP contribution in [0.1, 0.15) is 0 Å². The summed E-state index contributed by atoms with van der Waals surface area (Å²) in [6.45, 7) is 13.6. The first-order valence-electron chi connectivity index (χ1n) is 10.3. The number of nitrogen functional groups attached to an aromatic ring is 1. The predicted molar refractivity (Wildman–Crippen MR) is 134 cm³/mol. The Morgan fingerprint density at radius 2 is 1.61 bits per heavy atom. The van der Waals surface area contributed by atoms with Crippen molar-refractivity contribution >= 4 is 39.2 Å². The molecule has 168 valence electrons. The van der Waals surface area contributed by atoms with Crippen LogP contribution >= 0.6 is 0 Å². The Balaban J connectivity index is 2.19. The maximum atomic E-state index is 11.4. The second-order valence-corrected chi connectivity index (χ2v) is 7.60. The standard InChI is InChI=1S/C25H25N5O3/c1-4-13-30(14-5-2,15-6-3)20-10-7-18-8-12-24(31)25(21(18)17-20)28-27-22-11-9-19(26)16-23(22)29(32)33/h4-12,16-17H,1-3,13-15H2,(H2-,26,27,28,31)/p+1. The Morgan fingerprint density at radius 1 is 0.970 bits per heavy atom. The Morgan fingerprint density at radius 3 is 2.21 bits per heavy atom. The van der Waals surface area contributed by atoms with Gasteiger partial charge in [0.05, 0.1) is 4.92 Å². The number of nitrogens with zero attached hydrogens (tertiary/aromatic N) is 4. The molecule has 0 unspecified atom stereocenters. The van der Waals surface area contributed by atoms with Crippen LogP contribution in [0, 0.1) is 10.1 Å². The molecule has 0 aromatic heterocycles. The second-order valence-electron chi connectivity index (χ2n) is 7.60. The van der Waals surface area contributed by atoms with Gasteiger partial charge in [0.15, 0.2) is 5.69 Å². The van der Waals surface area contributed by atoms with E-state index in [4.69, 9.17) is 5.73 Å². The van der Waals surface area contributed by atoms with Crippen molar-refractivity contribution in [1.82, 2.24) is 4.48 Å². The molecular weight excluding hydrogens is 418 g/mol. The number of aromatic hydroxyl groups is 1. The van der Waals surface area contributed by atoms with Crippen LogP contribution in [0.15, 0.2) is 96.7 Å². The van der Waals surface area contributed by atoms with E-state index >= 15 is 0 Å². The zero-order chi connectivity index (χ0) is 24.0. The number of nitro benzene ring substituents is 1. The topological polar surface area (TPSA) is 114 Å². The molecule has 0 atom stereocenters. The average molecular weight is 445 g/mol. The summed E-state index contributed by atoms with van der Waals surface area (Å²) in [4.78, 5) is 10.8. The zero-order valence-corrected chi connectivity index (χ0v) is 18.2. The molecule has 33 heavy (non-hydrogen) atoms. The maximum Gasteiger partial charge on any atom is 0.298 e. The van der Waals surface area contributed by atoms with Crippen LogP contribution in [0.3, 0.4) is 0 Å². The van der Waals surface area contributed by atoms with Gasteiger partial charge in [-0.1, -0.05) is 25.8 Å². The zero-order valence-electron chi connectivity index (χ0n) is 18.2. The quantitative estimate of drug-likeness (QED) is 0.0951. The fourth-order valence-electron chi connectivity index (χ4n) is 3.84. The van der Waals surface area contributed by atoms with Crippen molar-refractivity contribution in [3.8, 4) is 5.75 Å². The van der Waals surface area contributed by atoms with Crippen molar-refractivity contribution in [2.75, 3.05) is 25.4 Å². The van der Waals surface area contributed by atoms with Gasteiger partial charge in [-0.3, -0.25) is 14.6 Å². The van der Waals surface area contributed by atoms with Crippen molar-refractivity contribution in [3.05, 3.63) is 96.6 Å². The number of anilines is 1. The first-order chi connectivity index (χ1) is 15.8. The molecule has 8 nitrogen and oxygen atoms in total. The number of phenols is 1. The van der Waals surface area contributed by atoms with Crippen LogP contribution in [0.2, 0.25) is 0 Å². The molecule has 3 N–H and O–H groups in total. The molecule has 0 bridgehead atoms. The number of nitro groups is 1. The molecule has 0 aliphatic heterocycles. The summed E-state index contributed by atoms with van der Waals surface area (Å²) in [6.07, 6.45) is 5.54. The van der Waals surface area contributed by atoms with Gasteiger partial charge in [-0.2, -0.15) is 0 Å². The third-order valence-corrected chi connectivity index (χ3v) is 5.39. The highest BCUT2D eigenvalue weighted by molar-refractivity contribution is 5.97. The fraction of sp³-hybridized carbons (Fsp3) is 0.120. The minimum Gasteiger partial charge on any atom is -0.506 e. The highest BCUT2D eigenvalue weighted by Gasteiger charge is 2.27. The van der Waals surface area contributed by atoms with Gasteiger partial charge < -0.3 is 10.8 Å². The lowest BCUT2D eigenvalue weighted by molar-refractivity contribution is -0.384. The molecule has 0 amide bonds. The van der Waals surface area contributed by atoms with Gasteiger partial charge in [0.2, 0.25) is 0 Å². The van der Waals surface area contributed by atoms with Crippen LogP contribution in [-0.4, -0.2) is 29.7 Å². The van der Waals surface area contributed by atoms with Crippen LogP contribution in [0.5, 0.6) is 5.75 Å². The lowest BCUT2D eigenvalue weighted by Gasteiger charge is -2.35. The number of azo groups is 1. The number of hydrogen-bond donors (Lipinski definition) is 2. The first kappa shape index (κ1) is 23.4. The van der Waals surface area contributed by atoms with Gasteiger partial charge in [0.1, 0.15) is 36.8 Å². The minimum atomic E-state index is -0.572. The summed E-state index contributed by atoms with van der Waals surface area (Å²) in [6, 6.07) is 13.4. The van der Waals surface area contributed by atoms with Crippen molar-refractivity contribution < 1.29 is 10.0 Å². The Kier molecular flexibility index (Phi) is 7.00. The summed E-state index contributed by atoms with van der Waals surface area (Å²) in [5.41, 5.74) is 6.86. The number of nitrogens with two attached hydrogens (primary N) is 1. The largest absolute Gasteiger partial charge is 0.506 e. The molecule has 0 heterocycles. The molecule has 0 aliphatic rings. The van der Waals surface area contributed by atoms with Crippen molar-refractivity contribution in [2.24, 2.45) is 10.2 Å². The molecule has 0 radical (unpaired) electrons. The lowest BCUT2D eigenvalue weighted by atomic mass is 10.1. The van der Waals surface area contributed by atoms with E-state index in [1.165, 1.54) is 24.3 Å². The van der Waals surface area contributed by atoms with Gasteiger partial charge in [0.25, 0.3) is 5.69 Å². The van der Waals surface area contributed by atoms with E-state index in [1.807, 2.05) is 36.4 Å². The Labute approximate surface area is 192 Å². The number of quaternary nitrogens is 1. The van der Waals surface area contributed by atoms with E-state index in [1.54, 1.807) is 6.07 Å². The monoisotopic (exact) mass is 444 g/mol. The number of rotatable bonds is 10. The van der Waals surface area contributed by atoms with Crippen LogP contribution in [0.4, 0.5) is 28.4 Å². The van der Waals surface area contributed by atoms with E-state index in [0.29, 0.717) is 29.5 Å². The Hall–Kier alpha value is -4.30. The molecule has 3 aromatic carbocycles. The highest BCUT2D eigenvalue weighted by atomic mass is 16.6. The van der Waals surface area contributed by atoms with Crippen molar-refractivity contribution in [2.45, 2.75) is 0 Å². The first-order valence-corrected chi connectivity index (χ1v) is 10.3. The molecule has 0 aliphatic carbocycles.